The topological polar surface area (TPSA) is 19.6 Å². The first kappa shape index (κ1) is 37.7. The summed E-state index contributed by atoms with van der Waals surface area (Å²) in [5.74, 6) is 0. The molecule has 3 aliphatic rings. The number of anilines is 5. The van der Waals surface area contributed by atoms with Gasteiger partial charge in [0.15, 0.2) is 0 Å². The third-order valence-corrected chi connectivity index (χ3v) is 15.8. The van der Waals surface area contributed by atoms with Gasteiger partial charge in [0, 0.05) is 49.2 Å². The zero-order valence-electron chi connectivity index (χ0n) is 36.9. The van der Waals surface area contributed by atoms with Crippen molar-refractivity contribution in [2.75, 3.05) is 9.71 Å². The molecule has 5 heteroatoms. The van der Waals surface area contributed by atoms with Gasteiger partial charge in [0.2, 0.25) is 0 Å². The van der Waals surface area contributed by atoms with Gasteiger partial charge in [-0.2, -0.15) is 0 Å². The molecule has 0 amide bonds. The second-order valence-electron chi connectivity index (χ2n) is 19.1. The molecule has 0 atom stereocenters. The molecule has 0 aliphatic carbocycles. The van der Waals surface area contributed by atoms with Gasteiger partial charge >= 0.3 is 6.85 Å². The SMILES string of the molecule is CC(C)(C)c1ccc(N2c3cc4c(oc5ccccc54)c4c3B(c3c2sc2ccccc32)N2c3ccccc3C(c3ccccc3)(c3ccccc3)c3cccc-4c32)c(-c2ccccc2)c1. The molecule has 3 nitrogen and oxygen atoms in total. The summed E-state index contributed by atoms with van der Waals surface area (Å²) in [4.78, 5) is 5.34. The minimum atomic E-state index is -0.608. The van der Waals surface area contributed by atoms with Gasteiger partial charge in [0.25, 0.3) is 0 Å². The number of nitrogens with zero attached hydrogens (tertiary/aromatic N) is 2. The molecule has 312 valence electrons. The summed E-state index contributed by atoms with van der Waals surface area (Å²) >= 11 is 1.91. The average Bonchev–Trinajstić information content (AvgIpc) is 3.94. The Labute approximate surface area is 388 Å². The quantitative estimate of drug-likeness (QED) is 0.164. The zero-order chi connectivity index (χ0) is 43.9. The number of benzene rings is 9. The Morgan fingerprint density at radius 3 is 1.92 bits per heavy atom. The van der Waals surface area contributed by atoms with Crippen LogP contribution in [-0.2, 0) is 10.8 Å². The molecule has 0 bridgehead atoms. The van der Waals surface area contributed by atoms with E-state index < -0.39 is 5.41 Å². The van der Waals surface area contributed by atoms with E-state index in [1.807, 2.05) is 11.3 Å². The van der Waals surface area contributed by atoms with E-state index in [0.717, 1.165) is 21.9 Å². The van der Waals surface area contributed by atoms with Crippen LogP contribution in [0.25, 0.3) is 54.3 Å². The van der Waals surface area contributed by atoms with Gasteiger partial charge in [0.05, 0.1) is 16.1 Å². The molecule has 0 saturated carbocycles. The number of thiophene rings is 1. The molecule has 0 spiro atoms. The average molecular weight is 863 g/mol. The highest BCUT2D eigenvalue weighted by Crippen LogP contribution is 2.62. The third kappa shape index (κ3) is 4.98. The smallest absolute Gasteiger partial charge is 0.334 e. The monoisotopic (exact) mass is 862 g/mol. The summed E-state index contributed by atoms with van der Waals surface area (Å²) in [5.41, 5.74) is 19.7. The van der Waals surface area contributed by atoms with E-state index >= 15 is 0 Å². The highest BCUT2D eigenvalue weighted by Gasteiger charge is 2.55. The zero-order valence-corrected chi connectivity index (χ0v) is 37.7. The van der Waals surface area contributed by atoms with E-state index in [-0.39, 0.29) is 12.3 Å². The van der Waals surface area contributed by atoms with Crippen molar-refractivity contribution >= 4 is 88.9 Å². The van der Waals surface area contributed by atoms with E-state index in [4.69, 9.17) is 4.42 Å². The number of rotatable bonds is 4. The molecule has 11 aromatic rings. The number of hydrogen-bond donors (Lipinski definition) is 0. The molecule has 0 unspecified atom stereocenters. The maximum atomic E-state index is 7.21. The van der Waals surface area contributed by atoms with Crippen molar-refractivity contribution in [2.45, 2.75) is 31.6 Å². The molecule has 0 fully saturated rings. The fraction of sp³-hybridized carbons (Fsp3) is 0.0820. The van der Waals surface area contributed by atoms with Crippen molar-refractivity contribution in [3.8, 4) is 22.3 Å². The second kappa shape index (κ2) is 13.7. The fourth-order valence-corrected chi connectivity index (χ4v) is 13.1. The molecule has 14 rings (SSSR count). The Balaban J connectivity index is 1.19. The van der Waals surface area contributed by atoms with Gasteiger partial charge in [-0.25, -0.2) is 0 Å². The highest BCUT2D eigenvalue weighted by atomic mass is 32.1. The van der Waals surface area contributed by atoms with Crippen LogP contribution in [0, 0.1) is 0 Å². The van der Waals surface area contributed by atoms with Gasteiger partial charge in [-0.1, -0.05) is 191 Å². The summed E-state index contributed by atoms with van der Waals surface area (Å²) < 4.78 is 8.48. The van der Waals surface area contributed by atoms with Crippen LogP contribution in [0.1, 0.15) is 48.6 Å². The molecule has 0 N–H and O–H groups in total. The van der Waals surface area contributed by atoms with E-state index in [1.165, 1.54) is 98.8 Å². The van der Waals surface area contributed by atoms with Crippen LogP contribution in [0.4, 0.5) is 27.8 Å². The fourth-order valence-electron chi connectivity index (χ4n) is 11.9. The summed E-state index contributed by atoms with van der Waals surface area (Å²) in [6.45, 7) is 6.76. The van der Waals surface area contributed by atoms with E-state index in [9.17, 15) is 0 Å². The second-order valence-corrected chi connectivity index (χ2v) is 20.2. The lowest BCUT2D eigenvalue weighted by Gasteiger charge is -2.52. The van der Waals surface area contributed by atoms with Crippen molar-refractivity contribution in [3.63, 3.8) is 0 Å². The Hall–Kier alpha value is -7.60. The lowest BCUT2D eigenvalue weighted by molar-refractivity contribution is 0.590. The largest absolute Gasteiger partial charge is 0.455 e. The minimum absolute atomic E-state index is 0.0383. The number of para-hydroxylation sites is 3. The Morgan fingerprint density at radius 2 is 1.17 bits per heavy atom. The molecule has 5 heterocycles. The van der Waals surface area contributed by atoms with Crippen LogP contribution in [0.3, 0.4) is 0 Å². The molecular weight excluding hydrogens is 820 g/mol. The predicted molar refractivity (Wildman–Crippen MR) is 279 cm³/mol. The van der Waals surface area contributed by atoms with E-state index in [1.54, 1.807) is 0 Å². The van der Waals surface area contributed by atoms with Crippen LogP contribution in [0.5, 0.6) is 0 Å². The standard InChI is InChI=1S/C61H43BN2OS/c1-60(2,3)41-34-35-49(45(36-41)38-20-7-4-8-21-38)63-51-37-46-42-26-13-17-32-52(42)65-58(46)54-44-28-19-30-48-57(44)64(62(56(51)54)55-43-27-14-18-33-53(43)66-59(55)63)50-31-16-15-29-47(50)61(48,39-22-9-5-10-23-39)40-24-11-6-12-25-40/h4-37H,1-3H3. The molecule has 0 saturated heterocycles. The first-order valence-electron chi connectivity index (χ1n) is 23.0. The predicted octanol–water partition coefficient (Wildman–Crippen LogP) is 15.2. The molecule has 0 radical (unpaired) electrons. The van der Waals surface area contributed by atoms with Crippen molar-refractivity contribution in [3.05, 3.63) is 234 Å². The normalized spacial score (nSPS) is 14.3. The van der Waals surface area contributed by atoms with E-state index in [2.05, 4.69) is 237 Å². The minimum Gasteiger partial charge on any atom is -0.455 e. The highest BCUT2D eigenvalue weighted by molar-refractivity contribution is 7.26. The van der Waals surface area contributed by atoms with Crippen molar-refractivity contribution in [2.24, 2.45) is 0 Å². The number of furan rings is 1. The first-order valence-corrected chi connectivity index (χ1v) is 23.9. The van der Waals surface area contributed by atoms with Crippen LogP contribution in [0.2, 0.25) is 0 Å². The molecule has 2 aromatic heterocycles. The maximum Gasteiger partial charge on any atom is 0.334 e. The molecule has 9 aromatic carbocycles. The molecule has 66 heavy (non-hydrogen) atoms. The summed E-state index contributed by atoms with van der Waals surface area (Å²) in [7, 11) is 0. The lowest BCUT2D eigenvalue weighted by atomic mass is 9.42. The van der Waals surface area contributed by atoms with Gasteiger partial charge in [-0.15, -0.1) is 11.3 Å². The van der Waals surface area contributed by atoms with Gasteiger partial charge in [-0.05, 0) is 91.5 Å². The van der Waals surface area contributed by atoms with Gasteiger partial charge in [0.1, 0.15) is 11.2 Å². The Kier molecular flexibility index (Phi) is 7.84. The van der Waals surface area contributed by atoms with Crippen molar-refractivity contribution in [1.29, 1.82) is 0 Å². The summed E-state index contributed by atoms with van der Waals surface area (Å²) in [5, 5.41) is 4.77. The van der Waals surface area contributed by atoms with Crippen molar-refractivity contribution < 1.29 is 4.42 Å². The third-order valence-electron chi connectivity index (χ3n) is 14.7. The van der Waals surface area contributed by atoms with Gasteiger partial charge in [-0.3, -0.25) is 0 Å². The van der Waals surface area contributed by atoms with E-state index in [0.29, 0.717) is 0 Å². The number of fused-ring (bicyclic) bond motifs is 12. The number of hydrogen-bond acceptors (Lipinski definition) is 4. The Bertz CT molecular complexity index is 3730. The summed E-state index contributed by atoms with van der Waals surface area (Å²) in [6, 6.07) is 76.9. The van der Waals surface area contributed by atoms with Crippen LogP contribution in [0.15, 0.2) is 211 Å². The van der Waals surface area contributed by atoms with Crippen LogP contribution >= 0.6 is 11.3 Å². The molecule has 3 aliphatic heterocycles. The van der Waals surface area contributed by atoms with Crippen LogP contribution < -0.4 is 20.6 Å². The summed E-state index contributed by atoms with van der Waals surface area (Å²) in [6.07, 6.45) is 0. The van der Waals surface area contributed by atoms with Crippen LogP contribution in [-0.4, -0.2) is 6.85 Å². The first-order chi connectivity index (χ1) is 32.4. The van der Waals surface area contributed by atoms with Gasteiger partial charge < -0.3 is 14.1 Å². The van der Waals surface area contributed by atoms with Crippen molar-refractivity contribution in [1.82, 2.24) is 0 Å². The Morgan fingerprint density at radius 1 is 0.515 bits per heavy atom. The lowest BCUT2D eigenvalue weighted by Crippen LogP contribution is -2.63. The molecular formula is C61H43BN2OS. The maximum absolute atomic E-state index is 7.21.